The molecule has 1 aliphatic heterocycles. The normalized spacial score (nSPS) is 19.6. The molecular weight excluding hydrogens is 387 g/mol. The number of H-pyrrole nitrogens is 1. The molecule has 0 unspecified atom stereocenters. The van der Waals surface area contributed by atoms with Gasteiger partial charge < -0.3 is 4.74 Å². The van der Waals surface area contributed by atoms with Gasteiger partial charge in [-0.25, -0.2) is 13.1 Å². The maximum absolute atomic E-state index is 12.5. The largest absolute Gasteiger partial charge is 0.573 e. The molecule has 0 bridgehead atoms. The van der Waals surface area contributed by atoms with E-state index in [-0.39, 0.29) is 22.8 Å². The second-order valence-electron chi connectivity index (χ2n) is 6.18. The summed E-state index contributed by atoms with van der Waals surface area (Å²) in [6, 6.07) is 4.43. The highest BCUT2D eigenvalue weighted by molar-refractivity contribution is 7.91. The van der Waals surface area contributed by atoms with Crippen molar-refractivity contribution in [3.05, 3.63) is 45.9 Å². The first-order valence-electron chi connectivity index (χ1n) is 7.95. The number of ether oxygens (including phenoxy) is 1. The van der Waals surface area contributed by atoms with Gasteiger partial charge in [-0.2, -0.15) is 0 Å². The van der Waals surface area contributed by atoms with Gasteiger partial charge in [0.1, 0.15) is 5.75 Å². The van der Waals surface area contributed by atoms with Crippen molar-refractivity contribution in [2.45, 2.75) is 25.7 Å². The molecule has 2 heterocycles. The molecule has 0 radical (unpaired) electrons. The lowest BCUT2D eigenvalue weighted by atomic mass is 10.2. The summed E-state index contributed by atoms with van der Waals surface area (Å²) in [5.41, 5.74) is 0.717. The van der Waals surface area contributed by atoms with Crippen LogP contribution in [0.4, 0.5) is 18.9 Å². The summed E-state index contributed by atoms with van der Waals surface area (Å²) in [5, 5.41) is 2.87. The number of benzene rings is 1. The first-order chi connectivity index (χ1) is 12.5. The number of aliphatic imine (C=N–C) groups is 1. The van der Waals surface area contributed by atoms with E-state index in [1.165, 1.54) is 23.0 Å². The van der Waals surface area contributed by atoms with Crippen molar-refractivity contribution in [1.29, 1.82) is 0 Å². The van der Waals surface area contributed by atoms with E-state index in [2.05, 4.69) is 14.8 Å². The topological polar surface area (TPSA) is 93.5 Å². The third-order valence-electron chi connectivity index (χ3n) is 4.13. The van der Waals surface area contributed by atoms with Crippen LogP contribution in [0.25, 0.3) is 0 Å². The number of halogens is 3. The van der Waals surface area contributed by atoms with Gasteiger partial charge in [-0.1, -0.05) is 0 Å². The van der Waals surface area contributed by atoms with Crippen molar-refractivity contribution in [2.75, 3.05) is 11.5 Å². The molecule has 1 atom stereocenters. The zero-order valence-electron chi connectivity index (χ0n) is 14.2. The Kier molecular flexibility index (Phi) is 4.89. The molecule has 2 aromatic rings. The molecule has 0 spiro atoms. The Labute approximate surface area is 152 Å². The minimum absolute atomic E-state index is 0.0396. The average Bonchev–Trinajstić information content (AvgIpc) is 3.05. The molecule has 3 rings (SSSR count). The number of nitrogens with one attached hydrogen (secondary N) is 1. The van der Waals surface area contributed by atoms with Crippen molar-refractivity contribution in [3.8, 4) is 5.75 Å². The van der Waals surface area contributed by atoms with Gasteiger partial charge >= 0.3 is 6.36 Å². The zero-order valence-corrected chi connectivity index (χ0v) is 15.0. The van der Waals surface area contributed by atoms with Crippen molar-refractivity contribution in [1.82, 2.24) is 9.78 Å². The number of hydrogen-bond acceptors (Lipinski definition) is 5. The highest BCUT2D eigenvalue weighted by Crippen LogP contribution is 2.25. The molecule has 1 aromatic heterocycles. The van der Waals surface area contributed by atoms with Gasteiger partial charge in [-0.05, 0) is 37.6 Å². The van der Waals surface area contributed by atoms with E-state index in [4.69, 9.17) is 0 Å². The van der Waals surface area contributed by atoms with E-state index in [9.17, 15) is 26.4 Å². The molecule has 0 amide bonds. The van der Waals surface area contributed by atoms with Crippen LogP contribution in [0, 0.1) is 6.92 Å². The van der Waals surface area contributed by atoms with Gasteiger partial charge in [0, 0.05) is 11.9 Å². The number of aryl methyl sites for hydroxylation is 1. The number of aromatic amines is 1. The minimum atomic E-state index is -4.77. The van der Waals surface area contributed by atoms with E-state index in [0.29, 0.717) is 17.8 Å². The molecule has 1 aromatic carbocycles. The van der Waals surface area contributed by atoms with Gasteiger partial charge in [0.25, 0.3) is 5.56 Å². The Hall–Kier alpha value is -2.56. The van der Waals surface area contributed by atoms with E-state index < -0.39 is 27.8 Å². The van der Waals surface area contributed by atoms with E-state index in [1.807, 2.05) is 0 Å². The van der Waals surface area contributed by atoms with Gasteiger partial charge in [0.15, 0.2) is 9.84 Å². The van der Waals surface area contributed by atoms with Gasteiger partial charge in [-0.3, -0.25) is 14.9 Å². The monoisotopic (exact) mass is 403 g/mol. The number of rotatable bonds is 4. The Morgan fingerprint density at radius 1 is 1.30 bits per heavy atom. The number of alkyl halides is 3. The third kappa shape index (κ3) is 4.59. The molecule has 1 saturated heterocycles. The Morgan fingerprint density at radius 2 is 1.96 bits per heavy atom. The van der Waals surface area contributed by atoms with Crippen LogP contribution in [0.1, 0.15) is 23.7 Å². The first kappa shape index (κ1) is 19.2. The molecule has 0 saturated carbocycles. The number of hydrogen-bond donors (Lipinski definition) is 1. The van der Waals surface area contributed by atoms with Crippen LogP contribution in [-0.4, -0.2) is 42.3 Å². The second-order valence-corrected chi connectivity index (χ2v) is 8.41. The van der Waals surface area contributed by atoms with E-state index >= 15 is 0 Å². The van der Waals surface area contributed by atoms with Crippen LogP contribution in [0.2, 0.25) is 0 Å². The SMILES string of the molecule is Cc1[nH]n([C@H]2CCS(=O)(=O)C2)c(=O)c1C=Nc1ccc(OC(F)(F)F)cc1. The van der Waals surface area contributed by atoms with Crippen LogP contribution in [0.3, 0.4) is 0 Å². The zero-order chi connectivity index (χ0) is 19.8. The molecule has 1 N–H and O–H groups in total. The van der Waals surface area contributed by atoms with Gasteiger partial charge in [-0.15, -0.1) is 13.2 Å². The smallest absolute Gasteiger partial charge is 0.406 e. The number of sulfone groups is 1. The summed E-state index contributed by atoms with van der Waals surface area (Å²) in [7, 11) is -3.14. The molecule has 11 heteroatoms. The number of aromatic nitrogens is 2. The lowest BCUT2D eigenvalue weighted by Gasteiger charge is -2.08. The molecule has 7 nitrogen and oxygen atoms in total. The lowest BCUT2D eigenvalue weighted by molar-refractivity contribution is -0.274. The van der Waals surface area contributed by atoms with Gasteiger partial charge in [0.2, 0.25) is 0 Å². The highest BCUT2D eigenvalue weighted by Gasteiger charge is 2.32. The quantitative estimate of drug-likeness (QED) is 0.794. The standard InChI is InChI=1S/C16H16F3N3O4S/c1-10-14(15(23)22(21-10)12-6-7-27(24,25)9-12)8-20-11-2-4-13(5-3-11)26-16(17,18)19/h2-5,8,12,21H,6-7,9H2,1H3/t12-/m0/s1. The third-order valence-corrected chi connectivity index (χ3v) is 5.88. The summed E-state index contributed by atoms with van der Waals surface area (Å²) in [5.74, 6) is -0.425. The fourth-order valence-electron chi connectivity index (χ4n) is 2.84. The maximum atomic E-state index is 12.5. The summed E-state index contributed by atoms with van der Waals surface area (Å²) in [6.45, 7) is 1.66. The van der Waals surface area contributed by atoms with Crippen LogP contribution < -0.4 is 10.3 Å². The Morgan fingerprint density at radius 3 is 2.52 bits per heavy atom. The van der Waals surface area contributed by atoms with Crippen molar-refractivity contribution >= 4 is 21.7 Å². The Balaban J connectivity index is 1.79. The first-order valence-corrected chi connectivity index (χ1v) is 9.78. The second kappa shape index (κ2) is 6.87. The summed E-state index contributed by atoms with van der Waals surface area (Å²) in [4.78, 5) is 16.6. The molecule has 146 valence electrons. The van der Waals surface area contributed by atoms with Crippen LogP contribution >= 0.6 is 0 Å². The Bertz CT molecular complexity index is 1020. The fourth-order valence-corrected chi connectivity index (χ4v) is 4.54. The number of nitrogens with zero attached hydrogens (tertiary/aromatic N) is 2. The fraction of sp³-hybridized carbons (Fsp3) is 0.375. The lowest BCUT2D eigenvalue weighted by Crippen LogP contribution is -2.25. The molecular formula is C16H16F3N3O4S. The molecule has 0 aliphatic carbocycles. The maximum Gasteiger partial charge on any atom is 0.573 e. The van der Waals surface area contributed by atoms with E-state index in [0.717, 1.165) is 12.1 Å². The predicted molar refractivity (Wildman–Crippen MR) is 92.5 cm³/mol. The van der Waals surface area contributed by atoms with Crippen LogP contribution in [0.15, 0.2) is 34.1 Å². The van der Waals surface area contributed by atoms with Crippen molar-refractivity contribution in [3.63, 3.8) is 0 Å². The van der Waals surface area contributed by atoms with E-state index in [1.54, 1.807) is 6.92 Å². The molecule has 27 heavy (non-hydrogen) atoms. The van der Waals surface area contributed by atoms with Crippen molar-refractivity contribution < 1.29 is 26.3 Å². The molecule has 1 fully saturated rings. The summed E-state index contributed by atoms with van der Waals surface area (Å²) in [6.07, 6.45) is -3.11. The van der Waals surface area contributed by atoms with Crippen molar-refractivity contribution in [2.24, 2.45) is 4.99 Å². The minimum Gasteiger partial charge on any atom is -0.406 e. The van der Waals surface area contributed by atoms with Gasteiger partial charge in [0.05, 0.1) is 28.8 Å². The molecule has 1 aliphatic rings. The van der Waals surface area contributed by atoms with Crippen LogP contribution in [0.5, 0.6) is 5.75 Å². The summed E-state index contributed by atoms with van der Waals surface area (Å²) < 4.78 is 64.7. The van der Waals surface area contributed by atoms with Crippen LogP contribution in [-0.2, 0) is 9.84 Å². The average molecular weight is 403 g/mol. The predicted octanol–water partition coefficient (Wildman–Crippen LogP) is 2.49. The summed E-state index contributed by atoms with van der Waals surface area (Å²) >= 11 is 0. The highest BCUT2D eigenvalue weighted by atomic mass is 32.2.